The molecule has 27 heavy (non-hydrogen) atoms. The molecule has 0 aliphatic carbocycles. The van der Waals surface area contributed by atoms with Crippen molar-refractivity contribution in [3.63, 3.8) is 0 Å². The van der Waals surface area contributed by atoms with E-state index in [2.05, 4.69) is 23.3 Å². The summed E-state index contributed by atoms with van der Waals surface area (Å²) in [6, 6.07) is 10.1. The first-order valence-corrected chi connectivity index (χ1v) is 9.96. The minimum absolute atomic E-state index is 0.0289. The third-order valence-electron chi connectivity index (χ3n) is 4.96. The van der Waals surface area contributed by atoms with Crippen LogP contribution in [0.25, 0.3) is 10.2 Å². The summed E-state index contributed by atoms with van der Waals surface area (Å²) in [5.74, 6) is 0.0289. The van der Waals surface area contributed by atoms with Gasteiger partial charge in [-0.1, -0.05) is 25.1 Å². The van der Waals surface area contributed by atoms with Gasteiger partial charge in [0.1, 0.15) is 15.9 Å². The van der Waals surface area contributed by atoms with Crippen molar-refractivity contribution in [2.75, 3.05) is 17.3 Å². The minimum Gasteiger partial charge on any atom is -0.380 e. The molecule has 1 atom stereocenters. The fourth-order valence-electron chi connectivity index (χ4n) is 3.79. The highest BCUT2D eigenvalue weighted by atomic mass is 32.1. The molecule has 0 spiro atoms. The minimum atomic E-state index is -0.146. The van der Waals surface area contributed by atoms with E-state index < -0.39 is 0 Å². The maximum absolute atomic E-state index is 13.5. The van der Waals surface area contributed by atoms with E-state index >= 15 is 0 Å². The smallest absolute Gasteiger partial charge is 0.272 e. The van der Waals surface area contributed by atoms with Gasteiger partial charge in [-0.05, 0) is 43.5 Å². The Morgan fingerprint density at radius 3 is 2.81 bits per heavy atom. The molecule has 1 amide bonds. The van der Waals surface area contributed by atoms with Crippen LogP contribution in [-0.4, -0.2) is 24.2 Å². The number of benzene rings is 1. The number of hydrogen-bond acceptors (Lipinski definition) is 5. The average Bonchev–Trinajstić information content (AvgIpc) is 3.01. The summed E-state index contributed by atoms with van der Waals surface area (Å²) in [4.78, 5) is 21.6. The molecule has 1 aliphatic heterocycles. The number of nitrogens with zero attached hydrogens (tertiary/aromatic N) is 2. The van der Waals surface area contributed by atoms with Crippen molar-refractivity contribution >= 4 is 38.8 Å². The number of ether oxygens (including phenoxy) is 1. The van der Waals surface area contributed by atoms with Crippen LogP contribution in [0.4, 0.5) is 11.4 Å². The molecule has 0 fully saturated rings. The highest BCUT2D eigenvalue weighted by Crippen LogP contribution is 2.42. The molecule has 0 radical (unpaired) electrons. The molecule has 0 saturated carbocycles. The third-order valence-corrected chi connectivity index (χ3v) is 6.03. The monoisotopic (exact) mass is 381 g/mol. The Morgan fingerprint density at radius 1 is 1.30 bits per heavy atom. The van der Waals surface area contributed by atoms with E-state index in [1.54, 1.807) is 7.11 Å². The Bertz CT molecular complexity index is 1030. The summed E-state index contributed by atoms with van der Waals surface area (Å²) in [6.07, 6.45) is 0.734. The number of aromatic nitrogens is 1. The molecule has 1 aliphatic rings. The van der Waals surface area contributed by atoms with Crippen LogP contribution in [0.5, 0.6) is 0 Å². The van der Waals surface area contributed by atoms with Crippen LogP contribution >= 0.6 is 11.3 Å². The molecule has 6 heteroatoms. The number of thiophene rings is 1. The molecule has 0 bridgehead atoms. The molecule has 2 aromatic heterocycles. The van der Waals surface area contributed by atoms with Gasteiger partial charge in [0.15, 0.2) is 0 Å². The lowest BCUT2D eigenvalue weighted by atomic mass is 10.1. The van der Waals surface area contributed by atoms with E-state index in [4.69, 9.17) is 4.74 Å². The van der Waals surface area contributed by atoms with Crippen molar-refractivity contribution in [3.05, 3.63) is 52.0 Å². The summed E-state index contributed by atoms with van der Waals surface area (Å²) in [7, 11) is 1.69. The van der Waals surface area contributed by atoms with Crippen molar-refractivity contribution < 1.29 is 9.53 Å². The predicted octanol–water partition coefficient (Wildman–Crippen LogP) is 4.73. The van der Waals surface area contributed by atoms with Crippen molar-refractivity contribution in [1.29, 1.82) is 0 Å². The van der Waals surface area contributed by atoms with Gasteiger partial charge in [-0.2, -0.15) is 0 Å². The Kier molecular flexibility index (Phi) is 4.61. The second-order valence-electron chi connectivity index (χ2n) is 6.82. The molecule has 1 N–H and O–H groups in total. The average molecular weight is 382 g/mol. The van der Waals surface area contributed by atoms with E-state index in [0.717, 1.165) is 44.8 Å². The molecule has 1 aromatic carbocycles. The number of nitrogens with one attached hydrogen (secondary N) is 1. The highest BCUT2D eigenvalue weighted by molar-refractivity contribution is 7.21. The number of amides is 1. The molecule has 3 heterocycles. The van der Waals surface area contributed by atoms with Crippen LogP contribution in [0.2, 0.25) is 0 Å². The molecule has 0 saturated heterocycles. The Balaban J connectivity index is 1.88. The predicted molar refractivity (Wildman–Crippen MR) is 111 cm³/mol. The van der Waals surface area contributed by atoms with Crippen LogP contribution in [0, 0.1) is 6.92 Å². The van der Waals surface area contributed by atoms with Crippen LogP contribution in [0.1, 0.15) is 40.3 Å². The number of aryl methyl sites for hydroxylation is 2. The molecule has 5 nitrogen and oxygen atoms in total. The second kappa shape index (κ2) is 6.94. The number of rotatable bonds is 4. The van der Waals surface area contributed by atoms with Crippen molar-refractivity contribution in [2.24, 2.45) is 0 Å². The number of methoxy groups -OCH3 is 1. The molecule has 0 unspecified atom stereocenters. The van der Waals surface area contributed by atoms with Crippen LogP contribution in [0.3, 0.4) is 0 Å². The Hall–Kier alpha value is -2.44. The van der Waals surface area contributed by atoms with Crippen molar-refractivity contribution in [3.8, 4) is 0 Å². The number of carbonyl (C=O) groups is 1. The largest absolute Gasteiger partial charge is 0.380 e. The first-order valence-electron chi connectivity index (χ1n) is 9.15. The van der Waals surface area contributed by atoms with Gasteiger partial charge >= 0.3 is 0 Å². The van der Waals surface area contributed by atoms with Crippen LogP contribution in [-0.2, 0) is 17.8 Å². The standard InChI is InChI=1S/C21H23N3O2S/c1-5-14-8-6-7-9-16(14)24-13(3)23-18-17-15(11-26-4)10-12(2)22-20(17)27-19(18)21(24)25/h6-10,13,23H,5,11H2,1-4H3/t13-/m1/s1. The number of hydrogen-bond donors (Lipinski definition) is 1. The maximum atomic E-state index is 13.5. The summed E-state index contributed by atoms with van der Waals surface area (Å²) < 4.78 is 5.38. The van der Waals surface area contributed by atoms with Gasteiger partial charge in [0.05, 0.1) is 12.3 Å². The zero-order chi connectivity index (χ0) is 19.1. The van der Waals surface area contributed by atoms with Crippen LogP contribution < -0.4 is 10.2 Å². The Labute approximate surface area is 163 Å². The van der Waals surface area contributed by atoms with Gasteiger partial charge in [-0.15, -0.1) is 11.3 Å². The van der Waals surface area contributed by atoms with Gasteiger partial charge in [-0.25, -0.2) is 4.98 Å². The van der Waals surface area contributed by atoms with Gasteiger partial charge in [0, 0.05) is 23.9 Å². The second-order valence-corrected chi connectivity index (χ2v) is 7.82. The highest BCUT2D eigenvalue weighted by Gasteiger charge is 2.35. The first kappa shape index (κ1) is 17.9. The Morgan fingerprint density at radius 2 is 2.07 bits per heavy atom. The number of anilines is 2. The molecular formula is C21H23N3O2S. The number of fused-ring (bicyclic) bond motifs is 3. The lowest BCUT2D eigenvalue weighted by Gasteiger charge is -2.35. The normalized spacial score (nSPS) is 16.5. The molecule has 4 rings (SSSR count). The summed E-state index contributed by atoms with van der Waals surface area (Å²) in [6.45, 7) is 6.60. The van der Waals surface area contributed by atoms with Crippen molar-refractivity contribution in [1.82, 2.24) is 4.98 Å². The van der Waals surface area contributed by atoms with Crippen molar-refractivity contribution in [2.45, 2.75) is 40.0 Å². The zero-order valence-electron chi connectivity index (χ0n) is 16.0. The van der Waals surface area contributed by atoms with E-state index in [0.29, 0.717) is 11.5 Å². The quantitative estimate of drug-likeness (QED) is 0.710. The summed E-state index contributed by atoms with van der Waals surface area (Å²) >= 11 is 1.46. The van der Waals surface area contributed by atoms with Crippen LogP contribution in [0.15, 0.2) is 30.3 Å². The van der Waals surface area contributed by atoms with E-state index in [-0.39, 0.29) is 12.1 Å². The third kappa shape index (κ3) is 2.89. The molecule has 3 aromatic rings. The molecular weight excluding hydrogens is 358 g/mol. The number of carbonyl (C=O) groups excluding carboxylic acids is 1. The molecule has 140 valence electrons. The topological polar surface area (TPSA) is 54.5 Å². The fraction of sp³-hybridized carbons (Fsp3) is 0.333. The number of pyridine rings is 1. The van der Waals surface area contributed by atoms with Gasteiger partial charge in [0.25, 0.3) is 5.91 Å². The zero-order valence-corrected chi connectivity index (χ0v) is 16.8. The number of para-hydroxylation sites is 1. The van der Waals surface area contributed by atoms with Gasteiger partial charge < -0.3 is 10.1 Å². The van der Waals surface area contributed by atoms with E-state index in [9.17, 15) is 4.79 Å². The fourth-order valence-corrected chi connectivity index (χ4v) is 4.96. The summed E-state index contributed by atoms with van der Waals surface area (Å²) in [5.41, 5.74) is 5.01. The summed E-state index contributed by atoms with van der Waals surface area (Å²) in [5, 5.41) is 4.56. The maximum Gasteiger partial charge on any atom is 0.272 e. The lowest BCUT2D eigenvalue weighted by molar-refractivity contribution is 0.0981. The van der Waals surface area contributed by atoms with Gasteiger partial charge in [0.2, 0.25) is 0 Å². The van der Waals surface area contributed by atoms with E-state index in [1.807, 2.05) is 43.0 Å². The van der Waals surface area contributed by atoms with Gasteiger partial charge in [-0.3, -0.25) is 9.69 Å². The SMILES string of the molecule is CCc1ccccc1N1C(=O)c2sc3nc(C)cc(COC)c3c2N[C@H]1C. The lowest BCUT2D eigenvalue weighted by Crippen LogP contribution is -2.47. The first-order chi connectivity index (χ1) is 13.0. The van der Waals surface area contributed by atoms with E-state index in [1.165, 1.54) is 11.3 Å².